The second kappa shape index (κ2) is 24.9. The highest BCUT2D eigenvalue weighted by atomic mass is 16.8. The highest BCUT2D eigenvalue weighted by molar-refractivity contribution is 5.01. The van der Waals surface area contributed by atoms with E-state index in [0.29, 0.717) is 0 Å². The molecule has 31 heteroatoms. The molecule has 22 saturated heterocycles. The molecule has 12 bridgehead atoms. The van der Waals surface area contributed by atoms with E-state index in [-0.39, 0.29) is 6.61 Å². The summed E-state index contributed by atoms with van der Waals surface area (Å²) in [6.07, 6.45) is -58.5. The third kappa shape index (κ3) is 11.7. The lowest BCUT2D eigenvalue weighted by Crippen LogP contribution is -2.69. The summed E-state index contributed by atoms with van der Waals surface area (Å²) in [6, 6.07) is 0. The van der Waals surface area contributed by atoms with Crippen molar-refractivity contribution < 1.29 is 154 Å². The fourth-order valence-electron chi connectivity index (χ4n) is 8.93. The number of ether oxygens (including phenoxy) is 12. The van der Waals surface area contributed by atoms with Gasteiger partial charge in [0.15, 0.2) is 37.7 Å². The van der Waals surface area contributed by atoms with Crippen molar-refractivity contribution in [1.29, 1.82) is 0 Å². The van der Waals surface area contributed by atoms with E-state index in [4.69, 9.17) is 61.9 Å². The van der Waals surface area contributed by atoms with Crippen LogP contribution in [0.5, 0.6) is 0 Å². The summed E-state index contributed by atoms with van der Waals surface area (Å²) in [5, 5.41) is 203. The van der Waals surface area contributed by atoms with Gasteiger partial charge in [-0.3, -0.25) is 0 Å². The van der Waals surface area contributed by atoms with Crippen LogP contribution in [0.4, 0.5) is 0 Å². The zero-order chi connectivity index (χ0) is 50.8. The molecule has 22 aliphatic heterocycles. The van der Waals surface area contributed by atoms with E-state index in [1.165, 1.54) is 0 Å². The van der Waals surface area contributed by atoms with Crippen molar-refractivity contribution in [1.82, 2.24) is 0 Å². The SMILES string of the molecule is CCO.OC[C@H]1O[C@@H]2O[C@H]3[C@H](O)[C@@H](O)[C@@H](O[C@H]4[C@H](O)[C@@H](O)[C@@H](O[C@H]5[C@H](O)[C@@H](O)[C@@H](O[C@H]6[C@H](O)[C@@H](O)[C@@H](O[C@H]7[C@H](O)[C@@H](O)[C@@H](O[C@H]1[C@H](O)[C@H]2O)O[C@@H]7CO)O[C@@H]6CO)O[C@@H]5CO)O[C@@H]4CO)O[C@@H]3CO. The minimum Gasteiger partial charge on any atom is -0.397 e. The Bertz CT molecular complexity index is 1250. The molecule has 0 aromatic carbocycles. The highest BCUT2D eigenvalue weighted by Crippen LogP contribution is 2.38. The van der Waals surface area contributed by atoms with Crippen molar-refractivity contribution >= 4 is 0 Å². The van der Waals surface area contributed by atoms with Crippen LogP contribution in [0.25, 0.3) is 0 Å². The standard InChI is InChI=1S/C36H60O30.C2H6O/c37-1-7-25-13(43)19(49)31(55-7)62-26-8(2-38)57-33(21(51)15(26)45)64-28-10(4-40)59-35(23(53)17(28)47)66-30-12(6-42)60-36(24(54)18(30)48)65-29-11(5-41)58-34(22(52)16(29)46)63-27-9(3-39)56-32(61-25)20(50)14(27)44;1-2-3/h7-54H,1-6H2;3H,2H2,1H3/t7-,8-,9-,10-,11-,12-,13-,14-,15-,16-,17-,18-,19-,20-,21-,22-,23-,24-,25-,26-,27-,28-,29-,30-,31-,32-,33-,34-,35-,36-;/m1./s1. The number of hydrogen-bond acceptors (Lipinski definition) is 31. The van der Waals surface area contributed by atoms with Crippen LogP contribution in [0, 0.1) is 0 Å². The van der Waals surface area contributed by atoms with Gasteiger partial charge in [-0.15, -0.1) is 0 Å². The summed E-state index contributed by atoms with van der Waals surface area (Å²) in [5.41, 5.74) is 0. The Morgan fingerprint density at radius 3 is 0.435 bits per heavy atom. The Hall–Kier alpha value is -1.24. The lowest BCUT2D eigenvalue weighted by atomic mass is 9.94. The molecule has 19 N–H and O–H groups in total. The summed E-state index contributed by atoms with van der Waals surface area (Å²) in [7, 11) is 0. The van der Waals surface area contributed by atoms with Gasteiger partial charge in [0.2, 0.25) is 0 Å². The molecule has 0 aromatic rings. The van der Waals surface area contributed by atoms with Crippen LogP contribution >= 0.6 is 0 Å². The molecule has 0 radical (unpaired) electrons. The lowest BCUT2D eigenvalue weighted by molar-refractivity contribution is -0.404. The normalized spacial score (nSPS) is 53.2. The van der Waals surface area contributed by atoms with Gasteiger partial charge in [-0.05, 0) is 6.92 Å². The van der Waals surface area contributed by atoms with E-state index < -0.39 is 224 Å². The largest absolute Gasteiger partial charge is 0.397 e. The Morgan fingerprint density at radius 2 is 0.333 bits per heavy atom. The van der Waals surface area contributed by atoms with Crippen LogP contribution in [-0.4, -0.2) is 328 Å². The summed E-state index contributed by atoms with van der Waals surface area (Å²) in [6.45, 7) is -4.06. The quantitative estimate of drug-likeness (QED) is 0.117. The van der Waals surface area contributed by atoms with Gasteiger partial charge in [0.1, 0.15) is 146 Å². The van der Waals surface area contributed by atoms with Crippen molar-refractivity contribution in [2.24, 2.45) is 0 Å². The molecule has 0 aromatic heterocycles. The molecule has 30 atom stereocenters. The minimum absolute atomic E-state index is 0.250. The van der Waals surface area contributed by atoms with Crippen LogP contribution in [0.15, 0.2) is 0 Å². The van der Waals surface area contributed by atoms with Crippen molar-refractivity contribution in [2.75, 3.05) is 46.2 Å². The Kier molecular flexibility index (Phi) is 20.6. The molecule has 31 nitrogen and oxygen atoms in total. The Morgan fingerprint density at radius 1 is 0.217 bits per heavy atom. The molecule has 0 aliphatic carbocycles. The fraction of sp³-hybridized carbons (Fsp3) is 1.00. The van der Waals surface area contributed by atoms with E-state index in [9.17, 15) is 91.9 Å². The molecule has 0 spiro atoms. The molecular weight excluding hydrogens is 952 g/mol. The van der Waals surface area contributed by atoms with E-state index >= 15 is 0 Å². The van der Waals surface area contributed by atoms with Gasteiger partial charge in [0.05, 0.1) is 39.6 Å². The molecule has 22 heterocycles. The van der Waals surface area contributed by atoms with Gasteiger partial charge in [0, 0.05) is 6.61 Å². The average Bonchev–Trinajstić information content (AvgIpc) is 3.34. The van der Waals surface area contributed by atoms with Gasteiger partial charge in [-0.1, -0.05) is 0 Å². The maximum absolute atomic E-state index is 11.2. The number of aliphatic hydroxyl groups excluding tert-OH is 19. The van der Waals surface area contributed by atoms with Gasteiger partial charge in [-0.25, -0.2) is 0 Å². The Balaban J connectivity index is 0.00000254. The lowest BCUT2D eigenvalue weighted by Gasteiger charge is -2.50. The first-order valence-electron chi connectivity index (χ1n) is 22.1. The molecule has 22 rings (SSSR count). The third-order valence-electron chi connectivity index (χ3n) is 12.7. The molecular formula is C38H66O31. The smallest absolute Gasteiger partial charge is 0.187 e. The number of hydrogen-bond donors (Lipinski definition) is 19. The van der Waals surface area contributed by atoms with Crippen LogP contribution < -0.4 is 0 Å². The molecule has 0 unspecified atom stereocenters. The average molecular weight is 1020 g/mol. The molecule has 69 heavy (non-hydrogen) atoms. The summed E-state index contributed by atoms with van der Waals surface area (Å²) in [5.74, 6) is 0. The monoisotopic (exact) mass is 1020 g/mol. The van der Waals surface area contributed by atoms with Crippen molar-refractivity contribution in [2.45, 2.75) is 191 Å². The Labute approximate surface area is 391 Å². The second-order valence-electron chi connectivity index (χ2n) is 17.2. The van der Waals surface area contributed by atoms with E-state index in [2.05, 4.69) is 0 Å². The van der Waals surface area contributed by atoms with Crippen LogP contribution in [0.3, 0.4) is 0 Å². The molecule has 0 amide bonds. The van der Waals surface area contributed by atoms with Crippen LogP contribution in [-0.2, 0) is 56.8 Å². The van der Waals surface area contributed by atoms with E-state index in [1.54, 1.807) is 6.92 Å². The van der Waals surface area contributed by atoms with E-state index in [1.807, 2.05) is 0 Å². The van der Waals surface area contributed by atoms with Gasteiger partial charge >= 0.3 is 0 Å². The van der Waals surface area contributed by atoms with Crippen molar-refractivity contribution in [3.8, 4) is 0 Å². The maximum Gasteiger partial charge on any atom is 0.187 e. The summed E-state index contributed by atoms with van der Waals surface area (Å²) < 4.78 is 67.9. The maximum atomic E-state index is 11.2. The van der Waals surface area contributed by atoms with Crippen LogP contribution in [0.1, 0.15) is 6.92 Å². The summed E-state index contributed by atoms with van der Waals surface area (Å²) in [4.78, 5) is 0. The fourth-order valence-corrected chi connectivity index (χ4v) is 8.93. The van der Waals surface area contributed by atoms with Gasteiger partial charge in [0.25, 0.3) is 0 Å². The summed E-state index contributed by atoms with van der Waals surface area (Å²) >= 11 is 0. The first-order chi connectivity index (χ1) is 32.8. The minimum atomic E-state index is -2.15. The molecule has 0 saturated carbocycles. The zero-order valence-corrected chi connectivity index (χ0v) is 36.7. The molecule has 404 valence electrons. The highest BCUT2D eigenvalue weighted by Gasteiger charge is 2.58. The van der Waals surface area contributed by atoms with Crippen molar-refractivity contribution in [3.05, 3.63) is 0 Å². The predicted octanol–water partition coefficient (Wildman–Crippen LogP) is -13.1. The van der Waals surface area contributed by atoms with E-state index in [0.717, 1.165) is 0 Å². The first kappa shape index (κ1) is 57.0. The van der Waals surface area contributed by atoms with Gasteiger partial charge < -0.3 is 154 Å². The number of rotatable bonds is 6. The first-order valence-corrected chi connectivity index (χ1v) is 22.1. The molecule has 22 fully saturated rings. The topological polar surface area (TPSA) is 495 Å². The predicted molar refractivity (Wildman–Crippen MR) is 209 cm³/mol. The second-order valence-corrected chi connectivity index (χ2v) is 17.2. The zero-order valence-electron chi connectivity index (χ0n) is 36.7. The van der Waals surface area contributed by atoms with Crippen LogP contribution in [0.2, 0.25) is 0 Å². The van der Waals surface area contributed by atoms with Gasteiger partial charge in [-0.2, -0.15) is 0 Å². The molecule has 22 aliphatic rings. The third-order valence-corrected chi connectivity index (χ3v) is 12.7. The van der Waals surface area contributed by atoms with Crippen molar-refractivity contribution in [3.63, 3.8) is 0 Å². The number of aliphatic hydroxyl groups is 19.